The molecule has 2 aromatic rings. The third-order valence-corrected chi connectivity index (χ3v) is 2.76. The molecule has 1 N–H and O–H groups in total. The predicted octanol–water partition coefficient (Wildman–Crippen LogP) is 2.77. The molecular weight excluding hydrogens is 296 g/mol. The molecule has 0 unspecified atom stereocenters. The third-order valence-electron chi connectivity index (χ3n) is 2.53. The molecule has 0 aliphatic rings. The molecule has 21 heavy (non-hydrogen) atoms. The van der Waals surface area contributed by atoms with Crippen molar-refractivity contribution in [3.63, 3.8) is 0 Å². The lowest BCUT2D eigenvalue weighted by molar-refractivity contribution is -0.383. The number of pyridine rings is 1. The monoisotopic (exact) mass is 302 g/mol. The Kier molecular flexibility index (Phi) is 4.11. The highest BCUT2D eigenvalue weighted by Crippen LogP contribution is 2.25. The molecule has 0 fully saturated rings. The summed E-state index contributed by atoms with van der Waals surface area (Å²) in [5.74, 6) is -0.634. The molecule has 7 nitrogen and oxygen atoms in total. The quantitative estimate of drug-likeness (QED) is 0.692. The number of nitro groups is 1. The largest absolute Gasteiger partial charge is 0.315 e. The van der Waals surface area contributed by atoms with Crippen molar-refractivity contribution in [2.45, 2.75) is 0 Å². The zero-order chi connectivity index (χ0) is 15.4. The number of benzene rings is 1. The smallest absolute Gasteiger partial charge is 0.294 e. The molecule has 1 aromatic carbocycles. The van der Waals surface area contributed by atoms with Gasteiger partial charge in [-0.1, -0.05) is 11.6 Å². The van der Waals surface area contributed by atoms with Gasteiger partial charge in [-0.25, -0.2) is 0 Å². The molecule has 2 rings (SSSR count). The van der Waals surface area contributed by atoms with E-state index < -0.39 is 10.8 Å². The van der Waals surface area contributed by atoms with Crippen molar-refractivity contribution in [2.75, 3.05) is 5.32 Å². The van der Waals surface area contributed by atoms with Crippen LogP contribution in [0.5, 0.6) is 0 Å². The maximum absolute atomic E-state index is 12.0. The molecule has 104 valence electrons. The summed E-state index contributed by atoms with van der Waals surface area (Å²) in [6.45, 7) is 0. The van der Waals surface area contributed by atoms with Crippen LogP contribution in [0.15, 0.2) is 36.5 Å². The first-order valence-corrected chi connectivity index (χ1v) is 6.00. The Morgan fingerprint density at radius 2 is 2.14 bits per heavy atom. The Balaban J connectivity index is 2.33. The normalized spacial score (nSPS) is 9.71. The second-order valence-electron chi connectivity index (χ2n) is 3.91. The van der Waals surface area contributed by atoms with Crippen molar-refractivity contribution < 1.29 is 9.72 Å². The molecule has 0 bridgehead atoms. The number of rotatable bonds is 3. The number of nitrogens with one attached hydrogen (secondary N) is 1. The molecular formula is C13H7ClN4O3. The highest BCUT2D eigenvalue weighted by molar-refractivity contribution is 6.31. The number of aromatic nitrogens is 1. The van der Waals surface area contributed by atoms with Gasteiger partial charge < -0.3 is 5.32 Å². The first-order valence-electron chi connectivity index (χ1n) is 5.62. The van der Waals surface area contributed by atoms with Crippen LogP contribution in [-0.4, -0.2) is 15.8 Å². The second-order valence-corrected chi connectivity index (χ2v) is 4.35. The van der Waals surface area contributed by atoms with Crippen molar-refractivity contribution in [1.82, 2.24) is 4.98 Å². The van der Waals surface area contributed by atoms with Gasteiger partial charge in [0.15, 0.2) is 0 Å². The van der Waals surface area contributed by atoms with Crippen molar-refractivity contribution in [2.24, 2.45) is 0 Å². The van der Waals surface area contributed by atoms with Crippen molar-refractivity contribution in [3.8, 4) is 6.07 Å². The van der Waals surface area contributed by atoms with E-state index in [-0.39, 0.29) is 22.6 Å². The van der Waals surface area contributed by atoms with Gasteiger partial charge in [0.1, 0.15) is 11.4 Å². The molecule has 0 aliphatic heterocycles. The molecule has 0 radical (unpaired) electrons. The van der Waals surface area contributed by atoms with Gasteiger partial charge in [-0.2, -0.15) is 5.26 Å². The van der Waals surface area contributed by atoms with Crippen LogP contribution < -0.4 is 5.32 Å². The van der Waals surface area contributed by atoms with E-state index in [2.05, 4.69) is 10.3 Å². The number of hydrogen-bond acceptors (Lipinski definition) is 5. The molecule has 1 heterocycles. The predicted molar refractivity (Wildman–Crippen MR) is 75.0 cm³/mol. The van der Waals surface area contributed by atoms with E-state index >= 15 is 0 Å². The fraction of sp³-hybridized carbons (Fsp3) is 0. The van der Waals surface area contributed by atoms with Gasteiger partial charge in [0, 0.05) is 17.3 Å². The summed E-state index contributed by atoms with van der Waals surface area (Å²) < 4.78 is 0. The molecule has 0 spiro atoms. The van der Waals surface area contributed by atoms with Crippen LogP contribution in [0.2, 0.25) is 5.02 Å². The van der Waals surface area contributed by atoms with E-state index in [4.69, 9.17) is 16.9 Å². The number of nitrogens with zero attached hydrogens (tertiary/aromatic N) is 3. The summed E-state index contributed by atoms with van der Waals surface area (Å²) in [5.41, 5.74) is -0.239. The lowest BCUT2D eigenvalue weighted by atomic mass is 10.2. The van der Waals surface area contributed by atoms with Crippen molar-refractivity contribution >= 4 is 28.9 Å². The van der Waals surface area contributed by atoms with Crippen LogP contribution in [0.4, 0.5) is 11.4 Å². The minimum atomic E-state index is -0.679. The maximum atomic E-state index is 12.0. The van der Waals surface area contributed by atoms with Crippen LogP contribution in [-0.2, 0) is 0 Å². The third kappa shape index (κ3) is 3.32. The Labute approximate surface area is 123 Å². The summed E-state index contributed by atoms with van der Waals surface area (Å²) in [4.78, 5) is 26.1. The van der Waals surface area contributed by atoms with Gasteiger partial charge in [-0.3, -0.25) is 19.9 Å². The molecule has 0 atom stereocenters. The van der Waals surface area contributed by atoms with Crippen molar-refractivity contribution in [3.05, 3.63) is 62.9 Å². The Bertz CT molecular complexity index is 770. The number of nitriles is 1. The molecule has 1 amide bonds. The van der Waals surface area contributed by atoms with Gasteiger partial charge >= 0.3 is 0 Å². The van der Waals surface area contributed by atoms with E-state index in [1.807, 2.05) is 0 Å². The molecule has 1 aromatic heterocycles. The number of nitro benzene ring substituents is 1. The number of anilines is 1. The Hall–Kier alpha value is -2.98. The zero-order valence-electron chi connectivity index (χ0n) is 10.4. The van der Waals surface area contributed by atoms with Crippen LogP contribution >= 0.6 is 11.6 Å². The van der Waals surface area contributed by atoms with Crippen LogP contribution in [0.3, 0.4) is 0 Å². The number of halogens is 1. The van der Waals surface area contributed by atoms with E-state index in [0.29, 0.717) is 5.02 Å². The van der Waals surface area contributed by atoms with E-state index in [1.165, 1.54) is 30.5 Å². The summed E-state index contributed by atoms with van der Waals surface area (Å²) >= 11 is 5.75. The highest BCUT2D eigenvalue weighted by Gasteiger charge is 2.18. The van der Waals surface area contributed by atoms with E-state index in [1.54, 1.807) is 6.07 Å². The Morgan fingerprint density at radius 1 is 1.38 bits per heavy atom. The van der Waals surface area contributed by atoms with Gasteiger partial charge in [-0.05, 0) is 24.3 Å². The topological polar surface area (TPSA) is 109 Å². The fourth-order valence-electron chi connectivity index (χ4n) is 1.57. The number of carbonyl (C=O) groups excluding carboxylic acids is 1. The highest BCUT2D eigenvalue weighted by atomic mass is 35.5. The molecule has 8 heteroatoms. The summed E-state index contributed by atoms with van der Waals surface area (Å²) in [6, 6.07) is 8.38. The van der Waals surface area contributed by atoms with Crippen LogP contribution in [0, 0.1) is 21.4 Å². The minimum absolute atomic E-state index is 0.0224. The fourth-order valence-corrected chi connectivity index (χ4v) is 1.73. The van der Waals surface area contributed by atoms with Crippen LogP contribution in [0.1, 0.15) is 16.1 Å². The minimum Gasteiger partial charge on any atom is -0.315 e. The summed E-state index contributed by atoms with van der Waals surface area (Å²) in [7, 11) is 0. The van der Waals surface area contributed by atoms with Gasteiger partial charge in [0.05, 0.1) is 16.6 Å². The molecule has 0 aliphatic carbocycles. The first kappa shape index (κ1) is 14.4. The number of amides is 1. The average molecular weight is 303 g/mol. The second kappa shape index (κ2) is 5.98. The van der Waals surface area contributed by atoms with Gasteiger partial charge in [0.25, 0.3) is 11.6 Å². The zero-order valence-corrected chi connectivity index (χ0v) is 11.2. The van der Waals surface area contributed by atoms with Crippen LogP contribution in [0.25, 0.3) is 0 Å². The SMILES string of the molecule is N#Cc1ccc(NC(=O)c2cc(Cl)ccn2)c([N+](=O)[O-])c1. The lowest BCUT2D eigenvalue weighted by Crippen LogP contribution is -2.14. The lowest BCUT2D eigenvalue weighted by Gasteiger charge is -2.06. The van der Waals surface area contributed by atoms with E-state index in [0.717, 1.165) is 6.07 Å². The van der Waals surface area contributed by atoms with E-state index in [9.17, 15) is 14.9 Å². The first-order chi connectivity index (χ1) is 10.0. The molecule has 0 saturated heterocycles. The number of hydrogen-bond donors (Lipinski definition) is 1. The average Bonchev–Trinajstić information content (AvgIpc) is 2.47. The number of carbonyl (C=O) groups is 1. The van der Waals surface area contributed by atoms with Crippen molar-refractivity contribution in [1.29, 1.82) is 5.26 Å². The summed E-state index contributed by atoms with van der Waals surface area (Å²) in [5, 5.41) is 22.4. The van der Waals surface area contributed by atoms with Gasteiger partial charge in [0.2, 0.25) is 0 Å². The summed E-state index contributed by atoms with van der Waals surface area (Å²) in [6.07, 6.45) is 1.35. The molecule has 0 saturated carbocycles. The Morgan fingerprint density at radius 3 is 2.76 bits per heavy atom. The standard InChI is InChI=1S/C13H7ClN4O3/c14-9-3-4-16-11(6-9)13(19)17-10-2-1-8(7-15)5-12(10)18(20)21/h1-6H,(H,17,19). The maximum Gasteiger partial charge on any atom is 0.294 e. The van der Waals surface area contributed by atoms with Gasteiger partial charge in [-0.15, -0.1) is 0 Å².